The first kappa shape index (κ1) is 17.3. The Balaban J connectivity index is 1.72. The van der Waals surface area contributed by atoms with Crippen molar-refractivity contribution >= 4 is 10.9 Å². The van der Waals surface area contributed by atoms with Crippen LogP contribution in [0.1, 0.15) is 22.4 Å². The molecule has 4 aromatic rings. The molecular weight excluding hydrogens is 339 g/mol. The van der Waals surface area contributed by atoms with Crippen LogP contribution in [-0.2, 0) is 20.1 Å². The molecule has 4 rings (SSSR count). The normalized spacial score (nSPS) is 11.1. The van der Waals surface area contributed by atoms with E-state index < -0.39 is 0 Å². The summed E-state index contributed by atoms with van der Waals surface area (Å²) < 4.78 is 21.3. The van der Waals surface area contributed by atoms with Crippen molar-refractivity contribution in [2.24, 2.45) is 7.05 Å². The molecule has 0 spiro atoms. The van der Waals surface area contributed by atoms with Gasteiger partial charge in [0.2, 0.25) is 5.88 Å². The van der Waals surface area contributed by atoms with Crippen molar-refractivity contribution in [3.63, 3.8) is 0 Å². The van der Waals surface area contributed by atoms with Gasteiger partial charge in [0, 0.05) is 25.4 Å². The van der Waals surface area contributed by atoms with Crippen LogP contribution in [0, 0.1) is 12.7 Å². The van der Waals surface area contributed by atoms with Gasteiger partial charge in [-0.3, -0.25) is 0 Å². The zero-order chi connectivity index (χ0) is 18.8. The molecule has 0 unspecified atom stereocenters. The molecule has 27 heavy (non-hydrogen) atoms. The van der Waals surface area contributed by atoms with Gasteiger partial charge in [-0.2, -0.15) is 0 Å². The number of nitrogens with zero attached hydrogens (tertiary/aromatic N) is 2. The van der Waals surface area contributed by atoms with Crippen LogP contribution in [0.15, 0.2) is 66.9 Å². The summed E-state index contributed by atoms with van der Waals surface area (Å²) in [5.74, 6) is 0.370. The largest absolute Gasteiger partial charge is 0.472 e. The first-order valence-electron chi connectivity index (χ1n) is 8.97. The predicted octanol–water partition coefficient (Wildman–Crippen LogP) is 5.19. The highest BCUT2D eigenvalue weighted by molar-refractivity contribution is 5.90. The lowest BCUT2D eigenvalue weighted by Crippen LogP contribution is -1.99. The van der Waals surface area contributed by atoms with Crippen LogP contribution in [-0.4, -0.2) is 9.55 Å². The van der Waals surface area contributed by atoms with Gasteiger partial charge in [-0.05, 0) is 41.8 Å². The van der Waals surface area contributed by atoms with E-state index in [-0.39, 0.29) is 5.82 Å². The van der Waals surface area contributed by atoms with Crippen LogP contribution in [0.2, 0.25) is 0 Å². The van der Waals surface area contributed by atoms with Gasteiger partial charge >= 0.3 is 0 Å². The van der Waals surface area contributed by atoms with E-state index in [2.05, 4.69) is 47.8 Å². The number of hydrogen-bond acceptors (Lipinski definition) is 2. The number of ether oxygens (including phenoxy) is 1. The minimum Gasteiger partial charge on any atom is -0.472 e. The number of hydrogen-bond donors (Lipinski definition) is 0. The highest BCUT2D eigenvalue weighted by Crippen LogP contribution is 2.33. The zero-order valence-corrected chi connectivity index (χ0v) is 15.4. The Morgan fingerprint density at radius 3 is 2.44 bits per heavy atom. The Kier molecular flexibility index (Phi) is 4.63. The second kappa shape index (κ2) is 7.23. The molecule has 0 N–H and O–H groups in total. The Bertz CT molecular complexity index is 1070. The second-order valence-electron chi connectivity index (χ2n) is 6.71. The van der Waals surface area contributed by atoms with E-state index in [1.54, 1.807) is 18.3 Å². The van der Waals surface area contributed by atoms with E-state index in [1.165, 1.54) is 29.0 Å². The Morgan fingerprint density at radius 1 is 0.963 bits per heavy atom. The molecule has 0 fully saturated rings. The maximum Gasteiger partial charge on any atom is 0.223 e. The molecule has 0 bridgehead atoms. The molecule has 2 aromatic carbocycles. The Hall–Kier alpha value is -3.14. The van der Waals surface area contributed by atoms with Crippen molar-refractivity contribution < 1.29 is 9.13 Å². The lowest BCUT2D eigenvalue weighted by atomic mass is 10.0. The van der Waals surface area contributed by atoms with Crippen molar-refractivity contribution in [3.8, 4) is 5.88 Å². The number of pyridine rings is 1. The third-order valence-corrected chi connectivity index (χ3v) is 5.01. The smallest absolute Gasteiger partial charge is 0.223 e. The fourth-order valence-corrected chi connectivity index (χ4v) is 3.42. The van der Waals surface area contributed by atoms with Crippen LogP contribution in [0.25, 0.3) is 10.9 Å². The third kappa shape index (κ3) is 3.43. The summed E-state index contributed by atoms with van der Waals surface area (Å²) in [6.07, 6.45) is 2.59. The predicted molar refractivity (Wildman–Crippen MR) is 105 cm³/mol. The molecule has 0 aliphatic heterocycles. The van der Waals surface area contributed by atoms with E-state index >= 15 is 0 Å². The monoisotopic (exact) mass is 360 g/mol. The summed E-state index contributed by atoms with van der Waals surface area (Å²) in [7, 11) is 2.07. The molecule has 0 atom stereocenters. The van der Waals surface area contributed by atoms with Gasteiger partial charge in [-0.1, -0.05) is 42.5 Å². The zero-order valence-electron chi connectivity index (χ0n) is 15.4. The molecule has 4 heteroatoms. The Morgan fingerprint density at radius 2 is 1.70 bits per heavy atom. The molecule has 0 amide bonds. The summed E-state index contributed by atoms with van der Waals surface area (Å²) >= 11 is 0. The first-order chi connectivity index (χ1) is 13.1. The average Bonchev–Trinajstić information content (AvgIpc) is 2.94. The van der Waals surface area contributed by atoms with Crippen LogP contribution >= 0.6 is 0 Å². The van der Waals surface area contributed by atoms with Gasteiger partial charge in [-0.25, -0.2) is 9.37 Å². The SMILES string of the molecule is Cc1c(Cc2ccccc2)c2c(OCc3ccc(F)cc3)nccc2n1C. The van der Waals surface area contributed by atoms with Gasteiger partial charge in [0.1, 0.15) is 12.4 Å². The fourth-order valence-electron chi connectivity index (χ4n) is 3.42. The second-order valence-corrected chi connectivity index (χ2v) is 6.71. The molecule has 0 saturated heterocycles. The molecular formula is C23H21FN2O. The highest BCUT2D eigenvalue weighted by atomic mass is 19.1. The summed E-state index contributed by atoms with van der Waals surface area (Å²) in [6.45, 7) is 2.48. The van der Waals surface area contributed by atoms with Gasteiger partial charge in [0.15, 0.2) is 0 Å². The minimum absolute atomic E-state index is 0.247. The summed E-state index contributed by atoms with van der Waals surface area (Å²) in [6, 6.07) is 18.8. The van der Waals surface area contributed by atoms with Gasteiger partial charge in [0.05, 0.1) is 10.9 Å². The van der Waals surface area contributed by atoms with Crippen LogP contribution in [0.3, 0.4) is 0 Å². The van der Waals surface area contributed by atoms with Crippen LogP contribution in [0.5, 0.6) is 5.88 Å². The van der Waals surface area contributed by atoms with E-state index in [1.807, 2.05) is 12.1 Å². The number of aryl methyl sites for hydroxylation is 1. The molecule has 0 saturated carbocycles. The van der Waals surface area contributed by atoms with Gasteiger partial charge in [-0.15, -0.1) is 0 Å². The molecule has 0 radical (unpaired) electrons. The maximum atomic E-state index is 13.1. The van der Waals surface area contributed by atoms with Gasteiger partial charge in [0.25, 0.3) is 0 Å². The number of fused-ring (bicyclic) bond motifs is 1. The van der Waals surface area contributed by atoms with Crippen molar-refractivity contribution in [2.75, 3.05) is 0 Å². The minimum atomic E-state index is -0.247. The summed E-state index contributed by atoms with van der Waals surface area (Å²) in [4.78, 5) is 4.49. The summed E-state index contributed by atoms with van der Waals surface area (Å²) in [5.41, 5.74) is 5.69. The maximum absolute atomic E-state index is 13.1. The first-order valence-corrected chi connectivity index (χ1v) is 8.97. The molecule has 136 valence electrons. The molecule has 3 nitrogen and oxygen atoms in total. The van der Waals surface area contributed by atoms with E-state index in [9.17, 15) is 4.39 Å². The van der Waals surface area contributed by atoms with Crippen molar-refractivity contribution in [3.05, 3.63) is 95.1 Å². The molecule has 0 aliphatic carbocycles. The Labute approximate surface area is 158 Å². The summed E-state index contributed by atoms with van der Waals surface area (Å²) in [5, 5.41) is 1.04. The highest BCUT2D eigenvalue weighted by Gasteiger charge is 2.17. The topological polar surface area (TPSA) is 27.1 Å². The number of benzene rings is 2. The third-order valence-electron chi connectivity index (χ3n) is 5.01. The molecule has 2 aromatic heterocycles. The lowest BCUT2D eigenvalue weighted by molar-refractivity contribution is 0.298. The number of aromatic nitrogens is 2. The van der Waals surface area contributed by atoms with Crippen molar-refractivity contribution in [1.29, 1.82) is 0 Å². The standard InChI is InChI=1S/C23H21FN2O/c1-16-20(14-17-6-4-3-5-7-17)22-21(26(16)2)12-13-25-23(22)27-15-18-8-10-19(24)11-9-18/h3-13H,14-15H2,1-2H3. The van der Waals surface area contributed by atoms with Crippen molar-refractivity contribution in [2.45, 2.75) is 20.0 Å². The number of rotatable bonds is 5. The molecule has 2 heterocycles. The quantitative estimate of drug-likeness (QED) is 0.490. The van der Waals surface area contributed by atoms with E-state index in [0.717, 1.165) is 22.9 Å². The fraction of sp³-hybridized carbons (Fsp3) is 0.174. The number of halogens is 1. The van der Waals surface area contributed by atoms with Crippen LogP contribution < -0.4 is 4.74 Å². The average molecular weight is 360 g/mol. The van der Waals surface area contributed by atoms with E-state index in [4.69, 9.17) is 4.74 Å². The van der Waals surface area contributed by atoms with Gasteiger partial charge < -0.3 is 9.30 Å². The van der Waals surface area contributed by atoms with Crippen LogP contribution in [0.4, 0.5) is 4.39 Å². The van der Waals surface area contributed by atoms with E-state index in [0.29, 0.717) is 12.5 Å². The lowest BCUT2D eigenvalue weighted by Gasteiger charge is -2.09. The molecule has 0 aliphatic rings. The van der Waals surface area contributed by atoms with Crippen molar-refractivity contribution in [1.82, 2.24) is 9.55 Å².